The maximum atomic E-state index is 13.4. The highest BCUT2D eigenvalue weighted by molar-refractivity contribution is 7.09. The largest absolute Gasteiger partial charge is 0.424 e. The molecule has 4 nitrogen and oxygen atoms in total. The van der Waals surface area contributed by atoms with Crippen LogP contribution in [0.2, 0.25) is 0 Å². The number of hydrogen-bond acceptors (Lipinski definition) is 4. The second kappa shape index (κ2) is 5.73. The van der Waals surface area contributed by atoms with Crippen molar-refractivity contribution in [1.82, 2.24) is 10.3 Å². The van der Waals surface area contributed by atoms with Gasteiger partial charge in [-0.3, -0.25) is 4.79 Å². The highest BCUT2D eigenvalue weighted by atomic mass is 32.1. The minimum atomic E-state index is -4.96. The van der Waals surface area contributed by atoms with E-state index in [9.17, 15) is 23.1 Å². The van der Waals surface area contributed by atoms with Gasteiger partial charge in [0, 0.05) is 17.1 Å². The number of aromatic nitrogens is 1. The first-order valence-corrected chi connectivity index (χ1v) is 8.60. The number of thiazole rings is 1. The molecule has 0 saturated heterocycles. The van der Waals surface area contributed by atoms with Crippen molar-refractivity contribution in [3.8, 4) is 0 Å². The summed E-state index contributed by atoms with van der Waals surface area (Å²) in [4.78, 5) is 15.9. The molecule has 0 aromatic carbocycles. The van der Waals surface area contributed by atoms with Gasteiger partial charge in [-0.05, 0) is 44.4 Å². The number of carbonyl (C=O) groups is 1. The lowest BCUT2D eigenvalue weighted by molar-refractivity contribution is -0.267. The van der Waals surface area contributed by atoms with Gasteiger partial charge in [0.25, 0.3) is 0 Å². The summed E-state index contributed by atoms with van der Waals surface area (Å²) in [6.45, 7) is 1.55. The Labute approximate surface area is 136 Å². The fourth-order valence-electron chi connectivity index (χ4n) is 2.84. The molecule has 2 fully saturated rings. The fraction of sp³-hybridized carbons (Fsp3) is 0.733. The zero-order valence-corrected chi connectivity index (χ0v) is 13.5. The topological polar surface area (TPSA) is 62.2 Å². The quantitative estimate of drug-likeness (QED) is 0.831. The third kappa shape index (κ3) is 3.52. The Morgan fingerprint density at radius 1 is 1.39 bits per heavy atom. The standard InChI is InChI=1S/C15H19F3N2O2S/c1-8-7-23-13(19-8)14(22,15(16,17)18)6-11(21)20-12(9-2-3-9)10-4-5-10/h7,9-10,12,22H,2-6H2,1H3,(H,20,21)/t14-/m1/s1. The summed E-state index contributed by atoms with van der Waals surface area (Å²) in [5.41, 5.74) is -2.84. The van der Waals surface area contributed by atoms with Crippen molar-refractivity contribution in [3.63, 3.8) is 0 Å². The molecule has 0 aliphatic heterocycles. The highest BCUT2D eigenvalue weighted by Gasteiger charge is 2.58. The molecule has 1 aromatic rings. The van der Waals surface area contributed by atoms with Crippen LogP contribution in [-0.2, 0) is 10.4 Å². The number of nitrogens with zero attached hydrogens (tertiary/aromatic N) is 1. The molecule has 8 heteroatoms. The summed E-state index contributed by atoms with van der Waals surface area (Å²) in [6.07, 6.45) is -1.96. The molecule has 0 spiro atoms. The van der Waals surface area contributed by atoms with Crippen LogP contribution < -0.4 is 5.32 Å². The molecule has 1 heterocycles. The van der Waals surface area contributed by atoms with Crippen LogP contribution in [0.25, 0.3) is 0 Å². The van der Waals surface area contributed by atoms with Crippen LogP contribution in [0.5, 0.6) is 0 Å². The van der Waals surface area contributed by atoms with Gasteiger partial charge in [-0.25, -0.2) is 4.98 Å². The predicted octanol–water partition coefficient (Wildman–Crippen LogP) is 2.90. The first-order chi connectivity index (χ1) is 10.7. The van der Waals surface area contributed by atoms with E-state index in [2.05, 4.69) is 10.3 Å². The van der Waals surface area contributed by atoms with Crippen LogP contribution in [0.4, 0.5) is 13.2 Å². The predicted molar refractivity (Wildman–Crippen MR) is 78.8 cm³/mol. The maximum absolute atomic E-state index is 13.4. The number of alkyl halides is 3. The summed E-state index contributed by atoms with van der Waals surface area (Å²) in [6, 6.07) is -0.0435. The number of halogens is 3. The van der Waals surface area contributed by atoms with Gasteiger partial charge in [0.05, 0.1) is 6.42 Å². The molecular formula is C15H19F3N2O2S. The molecule has 128 valence electrons. The minimum Gasteiger partial charge on any atom is -0.374 e. The molecule has 3 rings (SSSR count). The van der Waals surface area contributed by atoms with Crippen molar-refractivity contribution in [2.24, 2.45) is 11.8 Å². The van der Waals surface area contributed by atoms with E-state index in [1.165, 1.54) is 5.38 Å². The highest BCUT2D eigenvalue weighted by Crippen LogP contribution is 2.46. The zero-order valence-electron chi connectivity index (χ0n) is 12.7. The molecular weight excluding hydrogens is 329 g/mol. The Hall–Kier alpha value is -1.15. The summed E-state index contributed by atoms with van der Waals surface area (Å²) in [5.74, 6) is 0.00144. The monoisotopic (exact) mass is 348 g/mol. The number of amides is 1. The summed E-state index contributed by atoms with van der Waals surface area (Å²) >= 11 is 0.720. The van der Waals surface area contributed by atoms with Gasteiger partial charge in [-0.1, -0.05) is 0 Å². The Bertz CT molecular complexity index is 584. The van der Waals surface area contributed by atoms with Crippen molar-refractivity contribution in [1.29, 1.82) is 0 Å². The van der Waals surface area contributed by atoms with Crippen molar-refractivity contribution in [2.75, 3.05) is 0 Å². The molecule has 2 aliphatic rings. The van der Waals surface area contributed by atoms with E-state index >= 15 is 0 Å². The number of aliphatic hydroxyl groups is 1. The second-order valence-electron chi connectivity index (χ2n) is 6.60. The van der Waals surface area contributed by atoms with E-state index in [0.29, 0.717) is 17.5 Å². The lowest BCUT2D eigenvalue weighted by atomic mass is 9.98. The molecule has 1 aromatic heterocycles. The maximum Gasteiger partial charge on any atom is 0.424 e. The van der Waals surface area contributed by atoms with Crippen LogP contribution in [-0.4, -0.2) is 28.2 Å². The fourth-order valence-corrected chi connectivity index (χ4v) is 3.76. The summed E-state index contributed by atoms with van der Waals surface area (Å²) in [5, 5.41) is 13.9. The Morgan fingerprint density at radius 3 is 2.35 bits per heavy atom. The molecule has 0 unspecified atom stereocenters. The van der Waals surface area contributed by atoms with Gasteiger partial charge < -0.3 is 10.4 Å². The molecule has 2 aliphatic carbocycles. The van der Waals surface area contributed by atoms with E-state index in [-0.39, 0.29) is 6.04 Å². The van der Waals surface area contributed by atoms with Crippen LogP contribution >= 0.6 is 11.3 Å². The minimum absolute atomic E-state index is 0.0435. The molecule has 23 heavy (non-hydrogen) atoms. The van der Waals surface area contributed by atoms with Crippen molar-refractivity contribution >= 4 is 17.2 Å². The first-order valence-electron chi connectivity index (χ1n) is 7.72. The summed E-state index contributed by atoms with van der Waals surface area (Å²) < 4.78 is 40.1. The Kier molecular flexibility index (Phi) is 4.16. The SMILES string of the molecule is Cc1csc([C@](O)(CC(=O)NC(C2CC2)C2CC2)C(F)(F)F)n1. The number of nitrogens with one attached hydrogen (secondary N) is 1. The van der Waals surface area contributed by atoms with Gasteiger partial charge in [-0.2, -0.15) is 13.2 Å². The number of rotatable bonds is 6. The van der Waals surface area contributed by atoms with Gasteiger partial charge in [0.1, 0.15) is 5.01 Å². The van der Waals surface area contributed by atoms with Crippen molar-refractivity contribution in [3.05, 3.63) is 16.1 Å². The van der Waals surface area contributed by atoms with Crippen LogP contribution in [0.3, 0.4) is 0 Å². The lowest BCUT2D eigenvalue weighted by Gasteiger charge is -2.29. The lowest BCUT2D eigenvalue weighted by Crippen LogP contribution is -2.48. The van der Waals surface area contributed by atoms with Gasteiger partial charge in [0.2, 0.25) is 11.5 Å². The zero-order chi connectivity index (χ0) is 16.8. The second-order valence-corrected chi connectivity index (χ2v) is 7.46. The molecule has 2 saturated carbocycles. The van der Waals surface area contributed by atoms with E-state index in [1.54, 1.807) is 6.92 Å². The average molecular weight is 348 g/mol. The molecule has 0 radical (unpaired) electrons. The molecule has 2 N–H and O–H groups in total. The average Bonchev–Trinajstić information content (AvgIpc) is 3.34. The van der Waals surface area contributed by atoms with E-state index in [0.717, 1.165) is 37.0 Å². The van der Waals surface area contributed by atoms with Gasteiger partial charge >= 0.3 is 6.18 Å². The Balaban J connectivity index is 1.74. The smallest absolute Gasteiger partial charge is 0.374 e. The molecule has 1 atom stereocenters. The van der Waals surface area contributed by atoms with Crippen LogP contribution in [0.15, 0.2) is 5.38 Å². The van der Waals surface area contributed by atoms with Gasteiger partial charge in [0.15, 0.2) is 0 Å². The van der Waals surface area contributed by atoms with Crippen LogP contribution in [0.1, 0.15) is 42.8 Å². The van der Waals surface area contributed by atoms with Crippen LogP contribution in [0, 0.1) is 18.8 Å². The first kappa shape index (κ1) is 16.7. The van der Waals surface area contributed by atoms with E-state index in [1.807, 2.05) is 0 Å². The van der Waals surface area contributed by atoms with Gasteiger partial charge in [-0.15, -0.1) is 11.3 Å². The van der Waals surface area contributed by atoms with E-state index in [4.69, 9.17) is 0 Å². The third-order valence-corrected chi connectivity index (χ3v) is 5.56. The number of aryl methyl sites for hydroxylation is 1. The van der Waals surface area contributed by atoms with E-state index < -0.39 is 29.1 Å². The normalized spacial score (nSPS) is 21.3. The van der Waals surface area contributed by atoms with Crippen molar-refractivity contribution < 1.29 is 23.1 Å². The number of carbonyl (C=O) groups excluding carboxylic acids is 1. The molecule has 0 bridgehead atoms. The summed E-state index contributed by atoms with van der Waals surface area (Å²) in [7, 11) is 0. The molecule has 1 amide bonds. The third-order valence-electron chi connectivity index (χ3n) is 4.45. The number of hydrogen-bond donors (Lipinski definition) is 2. The van der Waals surface area contributed by atoms with Crippen molar-refractivity contribution in [2.45, 2.75) is 56.8 Å². The Morgan fingerprint density at radius 2 is 1.96 bits per heavy atom.